The number of ether oxygens (including phenoxy) is 2. The van der Waals surface area contributed by atoms with Crippen LogP contribution < -0.4 is 20.5 Å². The molecule has 1 aliphatic heterocycles. The van der Waals surface area contributed by atoms with Gasteiger partial charge in [-0.3, -0.25) is 14.6 Å². The Morgan fingerprint density at radius 3 is 2.62 bits per heavy atom. The van der Waals surface area contributed by atoms with E-state index in [4.69, 9.17) is 27.1 Å². The molecule has 2 aliphatic rings. The molecule has 3 N–H and O–H groups in total. The lowest BCUT2D eigenvalue weighted by molar-refractivity contribution is -0.274. The van der Waals surface area contributed by atoms with Crippen molar-refractivity contribution in [3.05, 3.63) is 81.9 Å². The Morgan fingerprint density at radius 1 is 1.20 bits per heavy atom. The van der Waals surface area contributed by atoms with Crippen molar-refractivity contribution < 1.29 is 36.6 Å². The average molecular weight is 643 g/mol. The van der Waals surface area contributed by atoms with Gasteiger partial charge in [0.05, 0.1) is 5.02 Å². The minimum atomic E-state index is -4.99. The summed E-state index contributed by atoms with van der Waals surface area (Å²) in [5, 5.41) is 3.04. The molecule has 0 saturated heterocycles. The highest BCUT2D eigenvalue weighted by Crippen LogP contribution is 2.48. The molecule has 0 unspecified atom stereocenters. The first kappa shape index (κ1) is 30.6. The summed E-state index contributed by atoms with van der Waals surface area (Å²) in [6.07, 6.45) is -1.87. The van der Waals surface area contributed by atoms with E-state index in [1.165, 1.54) is 30.5 Å². The number of amides is 2. The Labute approximate surface area is 259 Å². The summed E-state index contributed by atoms with van der Waals surface area (Å²) >= 11 is 6.08. The minimum absolute atomic E-state index is 0.0197. The first-order chi connectivity index (χ1) is 21.2. The zero-order valence-electron chi connectivity index (χ0n) is 24.1. The fourth-order valence-electron chi connectivity index (χ4n) is 5.61. The van der Waals surface area contributed by atoms with Crippen molar-refractivity contribution in [2.75, 3.05) is 13.2 Å². The number of nitrogens with one attached hydrogen (secondary N) is 1. The first-order valence-corrected chi connectivity index (χ1v) is 14.5. The molecule has 45 heavy (non-hydrogen) atoms. The zero-order valence-corrected chi connectivity index (χ0v) is 24.9. The monoisotopic (exact) mass is 642 g/mol. The topological polar surface area (TPSA) is 116 Å². The van der Waals surface area contributed by atoms with Crippen molar-refractivity contribution in [2.45, 2.75) is 44.4 Å². The largest absolute Gasteiger partial charge is 0.573 e. The molecule has 4 aromatic rings. The van der Waals surface area contributed by atoms with Gasteiger partial charge in [-0.2, -0.15) is 0 Å². The van der Waals surface area contributed by atoms with Gasteiger partial charge in [-0.15, -0.1) is 13.2 Å². The molecule has 1 saturated carbocycles. The predicted molar refractivity (Wildman–Crippen MR) is 158 cm³/mol. The second-order valence-corrected chi connectivity index (χ2v) is 12.1. The van der Waals surface area contributed by atoms with E-state index in [-0.39, 0.29) is 41.1 Å². The van der Waals surface area contributed by atoms with Crippen LogP contribution in [0.1, 0.15) is 52.9 Å². The lowest BCUT2D eigenvalue weighted by atomic mass is 9.82. The number of carbonyl (C=O) groups excluding carboxylic acids is 2. The standard InChI is InChI=1S/C32H27ClF4N4O4/c1-15-7-18-8-19(10-25(26(18)39-12-15)45-32(35,36)37)29(42)40-13-20(16-3-4-16)24-11-21-28(44-14-31(21,2)30(38)43)27(41-24)17-5-6-23(34)22(33)9-17/h5-12,16,20H,3-4,13-14H2,1-2H3,(H2,38,43)(H,40,42)/t20-,31-/m0/s1. The van der Waals surface area contributed by atoms with Crippen molar-refractivity contribution in [1.82, 2.24) is 15.3 Å². The molecule has 13 heteroatoms. The molecule has 2 aromatic heterocycles. The minimum Gasteiger partial charge on any atom is -0.489 e. The lowest BCUT2D eigenvalue weighted by Gasteiger charge is -2.22. The zero-order chi connectivity index (χ0) is 32.3. The van der Waals surface area contributed by atoms with Gasteiger partial charge in [-0.05, 0) is 80.6 Å². The highest BCUT2D eigenvalue weighted by atomic mass is 35.5. The number of aryl methyl sites for hydroxylation is 1. The first-order valence-electron chi connectivity index (χ1n) is 14.1. The fraction of sp³-hybridized carbons (Fsp3) is 0.312. The number of halogens is 5. The molecule has 0 radical (unpaired) electrons. The fourth-order valence-corrected chi connectivity index (χ4v) is 5.79. The Hall–Kier alpha value is -4.45. The van der Waals surface area contributed by atoms with E-state index < -0.39 is 35.2 Å². The van der Waals surface area contributed by atoms with E-state index in [2.05, 4.69) is 15.0 Å². The maximum absolute atomic E-state index is 14.0. The molecule has 234 valence electrons. The van der Waals surface area contributed by atoms with Crippen molar-refractivity contribution in [3.63, 3.8) is 0 Å². The second-order valence-electron chi connectivity index (χ2n) is 11.6. The van der Waals surface area contributed by atoms with Crippen LogP contribution in [0.4, 0.5) is 17.6 Å². The summed E-state index contributed by atoms with van der Waals surface area (Å²) in [6, 6.07) is 9.95. The molecule has 1 fully saturated rings. The number of aromatic nitrogens is 2. The highest BCUT2D eigenvalue weighted by molar-refractivity contribution is 6.31. The molecule has 0 bridgehead atoms. The van der Waals surface area contributed by atoms with E-state index >= 15 is 0 Å². The number of alkyl halides is 3. The van der Waals surface area contributed by atoms with Gasteiger partial charge in [0.15, 0.2) is 5.75 Å². The Bertz CT molecular complexity index is 1860. The van der Waals surface area contributed by atoms with Crippen molar-refractivity contribution in [2.24, 2.45) is 11.7 Å². The predicted octanol–water partition coefficient (Wildman–Crippen LogP) is 6.36. The number of nitrogens with zero attached hydrogens (tertiary/aromatic N) is 2. The van der Waals surface area contributed by atoms with Gasteiger partial charge in [-0.1, -0.05) is 11.6 Å². The van der Waals surface area contributed by atoms with Gasteiger partial charge in [0.25, 0.3) is 5.91 Å². The number of carbonyl (C=O) groups is 2. The van der Waals surface area contributed by atoms with Crippen molar-refractivity contribution in [3.8, 4) is 22.8 Å². The number of fused-ring (bicyclic) bond motifs is 2. The van der Waals surface area contributed by atoms with Gasteiger partial charge < -0.3 is 20.5 Å². The third-order valence-electron chi connectivity index (χ3n) is 8.26. The number of pyridine rings is 2. The van der Waals surface area contributed by atoms with Crippen LogP contribution in [0.2, 0.25) is 5.02 Å². The van der Waals surface area contributed by atoms with Crippen LogP contribution in [0.5, 0.6) is 11.5 Å². The van der Waals surface area contributed by atoms with Crippen LogP contribution in [0.15, 0.2) is 48.7 Å². The molecule has 6 rings (SSSR count). The Kier molecular flexibility index (Phi) is 7.59. The maximum atomic E-state index is 14.0. The lowest BCUT2D eigenvalue weighted by Crippen LogP contribution is -2.40. The summed E-state index contributed by atoms with van der Waals surface area (Å²) in [6.45, 7) is 3.47. The van der Waals surface area contributed by atoms with Gasteiger partial charge >= 0.3 is 6.36 Å². The average Bonchev–Trinajstić information content (AvgIpc) is 3.75. The van der Waals surface area contributed by atoms with Crippen LogP contribution in [0.3, 0.4) is 0 Å². The quantitative estimate of drug-likeness (QED) is 0.216. The number of hydrogen-bond donors (Lipinski definition) is 2. The molecule has 2 aromatic carbocycles. The molecule has 2 amide bonds. The molecule has 1 aliphatic carbocycles. The molecule has 2 atom stereocenters. The number of primary amides is 1. The molecule has 3 heterocycles. The summed E-state index contributed by atoms with van der Waals surface area (Å²) in [5.41, 5.74) is 7.11. The summed E-state index contributed by atoms with van der Waals surface area (Å²) in [4.78, 5) is 34.9. The van der Waals surface area contributed by atoms with Crippen molar-refractivity contribution in [1.29, 1.82) is 0 Å². The number of nitrogens with two attached hydrogens (primary N) is 1. The highest BCUT2D eigenvalue weighted by Gasteiger charge is 2.45. The van der Waals surface area contributed by atoms with Gasteiger partial charge in [0.1, 0.15) is 34.8 Å². The van der Waals surface area contributed by atoms with E-state index in [0.717, 1.165) is 18.9 Å². The van der Waals surface area contributed by atoms with E-state index in [0.29, 0.717) is 39.2 Å². The Balaban J connectivity index is 1.36. The van der Waals surface area contributed by atoms with Crippen LogP contribution in [0, 0.1) is 18.7 Å². The van der Waals surface area contributed by atoms with Crippen LogP contribution in [-0.4, -0.2) is 41.3 Å². The second kappa shape index (κ2) is 11.2. The summed E-state index contributed by atoms with van der Waals surface area (Å²) in [7, 11) is 0. The maximum Gasteiger partial charge on any atom is 0.573 e. The molecule has 8 nitrogen and oxygen atoms in total. The smallest absolute Gasteiger partial charge is 0.489 e. The van der Waals surface area contributed by atoms with Gasteiger partial charge in [0.2, 0.25) is 5.91 Å². The number of rotatable bonds is 8. The Morgan fingerprint density at radius 2 is 1.96 bits per heavy atom. The SMILES string of the molecule is Cc1cnc2c(OC(F)(F)F)cc(C(=O)NC[C@H](c3cc4c(c(-c5ccc(F)c(Cl)c5)n3)OC[C@]4(C)C(N)=O)C3CC3)cc2c1. The molecular weight excluding hydrogens is 616 g/mol. The van der Waals surface area contributed by atoms with Crippen LogP contribution >= 0.6 is 11.6 Å². The number of benzene rings is 2. The van der Waals surface area contributed by atoms with E-state index in [1.807, 2.05) is 0 Å². The number of hydrogen-bond acceptors (Lipinski definition) is 6. The van der Waals surface area contributed by atoms with Crippen LogP contribution in [-0.2, 0) is 10.2 Å². The summed E-state index contributed by atoms with van der Waals surface area (Å²) in [5.74, 6) is -2.28. The third kappa shape index (κ3) is 5.98. The van der Waals surface area contributed by atoms with Gasteiger partial charge in [-0.25, -0.2) is 9.37 Å². The van der Waals surface area contributed by atoms with E-state index in [9.17, 15) is 27.2 Å². The summed E-state index contributed by atoms with van der Waals surface area (Å²) < 4.78 is 63.7. The molecular formula is C32H27ClF4N4O4. The third-order valence-corrected chi connectivity index (χ3v) is 8.55. The van der Waals surface area contributed by atoms with E-state index in [1.54, 1.807) is 26.0 Å². The van der Waals surface area contributed by atoms with Crippen molar-refractivity contribution >= 4 is 34.3 Å². The molecule has 0 spiro atoms. The van der Waals surface area contributed by atoms with Crippen LogP contribution in [0.25, 0.3) is 22.2 Å². The normalized spacial score (nSPS) is 18.3. The van der Waals surface area contributed by atoms with Gasteiger partial charge in [0, 0.05) is 46.4 Å².